The van der Waals surface area contributed by atoms with Crippen LogP contribution in [0.1, 0.15) is 58.8 Å². The largest absolute Gasteiger partial charge is 0.217 e. The monoisotopic (exact) mass is 202 g/mol. The van der Waals surface area contributed by atoms with Crippen molar-refractivity contribution in [2.24, 2.45) is 0 Å². The van der Waals surface area contributed by atoms with Crippen LogP contribution in [0.2, 0.25) is 0 Å². The van der Waals surface area contributed by atoms with E-state index in [4.69, 9.17) is 0 Å². The van der Waals surface area contributed by atoms with Gasteiger partial charge in [0.1, 0.15) is 6.04 Å². The van der Waals surface area contributed by atoms with E-state index in [0.29, 0.717) is 6.04 Å². The molecule has 0 aromatic carbocycles. The van der Waals surface area contributed by atoms with E-state index in [-0.39, 0.29) is 4.65 Å². The van der Waals surface area contributed by atoms with Gasteiger partial charge < -0.3 is 0 Å². The van der Waals surface area contributed by atoms with E-state index in [1.165, 1.54) is 32.1 Å². The molecule has 0 amide bonds. The molecule has 0 aromatic rings. The molecule has 0 aliphatic heterocycles. The van der Waals surface area contributed by atoms with Crippen molar-refractivity contribution in [3.05, 3.63) is 0 Å². The van der Waals surface area contributed by atoms with Gasteiger partial charge in [-0.05, 0) is 12.8 Å². The van der Waals surface area contributed by atoms with Crippen molar-refractivity contribution in [2.45, 2.75) is 64.8 Å². The van der Waals surface area contributed by atoms with Crippen molar-refractivity contribution >= 4 is 0 Å². The SMILES string of the molecule is CCCCCCCC(CC)[N+](C)(C)O. The highest BCUT2D eigenvalue weighted by atomic mass is 16.5. The van der Waals surface area contributed by atoms with Crippen LogP contribution in [-0.4, -0.2) is 30.0 Å². The van der Waals surface area contributed by atoms with E-state index in [1.807, 2.05) is 14.1 Å². The van der Waals surface area contributed by atoms with Gasteiger partial charge in [0, 0.05) is 6.42 Å². The Hall–Kier alpha value is -0.0800. The van der Waals surface area contributed by atoms with E-state index in [1.54, 1.807) is 0 Å². The highest BCUT2D eigenvalue weighted by Crippen LogP contribution is 2.15. The molecule has 0 fully saturated rings. The molecule has 0 saturated heterocycles. The van der Waals surface area contributed by atoms with Gasteiger partial charge in [-0.3, -0.25) is 0 Å². The van der Waals surface area contributed by atoms with Gasteiger partial charge in [-0.15, -0.1) is 0 Å². The first-order valence-corrected chi connectivity index (χ1v) is 6.08. The third-order valence-electron chi connectivity index (χ3n) is 3.01. The number of hydrogen-bond donors (Lipinski definition) is 1. The summed E-state index contributed by atoms with van der Waals surface area (Å²) in [5.74, 6) is 0. The third-order valence-corrected chi connectivity index (χ3v) is 3.01. The summed E-state index contributed by atoms with van der Waals surface area (Å²) in [6.45, 7) is 4.40. The molecule has 0 aliphatic carbocycles. The van der Waals surface area contributed by atoms with Crippen LogP contribution in [0.25, 0.3) is 0 Å². The van der Waals surface area contributed by atoms with Crippen molar-refractivity contribution in [3.63, 3.8) is 0 Å². The minimum atomic E-state index is 0.129. The minimum absolute atomic E-state index is 0.129. The third kappa shape index (κ3) is 6.39. The summed E-state index contributed by atoms with van der Waals surface area (Å²) >= 11 is 0. The molecule has 0 radical (unpaired) electrons. The highest BCUT2D eigenvalue weighted by molar-refractivity contribution is 4.54. The zero-order valence-corrected chi connectivity index (χ0v) is 10.4. The van der Waals surface area contributed by atoms with Gasteiger partial charge in [-0.2, -0.15) is 4.65 Å². The molecule has 2 nitrogen and oxygen atoms in total. The van der Waals surface area contributed by atoms with E-state index >= 15 is 0 Å². The average Bonchev–Trinajstić information content (AvgIpc) is 2.09. The van der Waals surface area contributed by atoms with Crippen LogP contribution in [0.5, 0.6) is 0 Å². The summed E-state index contributed by atoms with van der Waals surface area (Å²) in [5.41, 5.74) is 0. The molecular formula is C12H28NO+. The number of unbranched alkanes of at least 4 members (excludes halogenated alkanes) is 4. The molecule has 0 aromatic heterocycles. The Kier molecular flexibility index (Phi) is 7.20. The van der Waals surface area contributed by atoms with E-state index in [0.717, 1.165) is 12.8 Å². The van der Waals surface area contributed by atoms with Crippen LogP contribution in [0.4, 0.5) is 0 Å². The maximum atomic E-state index is 9.82. The van der Waals surface area contributed by atoms with Crippen LogP contribution in [0.3, 0.4) is 0 Å². The molecule has 1 N–H and O–H groups in total. The van der Waals surface area contributed by atoms with Gasteiger partial charge in [0.05, 0.1) is 14.1 Å². The molecule has 0 bridgehead atoms. The van der Waals surface area contributed by atoms with Crippen LogP contribution >= 0.6 is 0 Å². The number of hydroxylamine groups is 3. The Labute approximate surface area is 89.5 Å². The van der Waals surface area contributed by atoms with Crippen molar-refractivity contribution in [3.8, 4) is 0 Å². The zero-order valence-electron chi connectivity index (χ0n) is 10.4. The molecule has 1 unspecified atom stereocenters. The number of hydrogen-bond acceptors (Lipinski definition) is 1. The van der Waals surface area contributed by atoms with Gasteiger partial charge in [-0.25, -0.2) is 5.21 Å². The van der Waals surface area contributed by atoms with Crippen LogP contribution in [-0.2, 0) is 0 Å². The van der Waals surface area contributed by atoms with Gasteiger partial charge in [0.25, 0.3) is 0 Å². The Morgan fingerprint density at radius 3 is 2.00 bits per heavy atom. The fraction of sp³-hybridized carbons (Fsp3) is 1.00. The lowest BCUT2D eigenvalue weighted by Gasteiger charge is -2.29. The molecule has 14 heavy (non-hydrogen) atoms. The van der Waals surface area contributed by atoms with Crippen molar-refractivity contribution in [1.29, 1.82) is 0 Å². The molecule has 0 aliphatic rings. The second-order valence-corrected chi connectivity index (χ2v) is 4.74. The minimum Gasteiger partial charge on any atom is -0.217 e. The summed E-state index contributed by atoms with van der Waals surface area (Å²) in [5, 5.41) is 9.82. The Morgan fingerprint density at radius 1 is 1.00 bits per heavy atom. The maximum absolute atomic E-state index is 9.82. The van der Waals surface area contributed by atoms with Gasteiger partial charge >= 0.3 is 0 Å². The van der Waals surface area contributed by atoms with E-state index < -0.39 is 0 Å². The molecule has 0 heterocycles. The predicted molar refractivity (Wildman–Crippen MR) is 61.3 cm³/mol. The molecule has 0 saturated carbocycles. The topological polar surface area (TPSA) is 20.2 Å². The summed E-state index contributed by atoms with van der Waals surface area (Å²) in [6.07, 6.45) is 8.82. The summed E-state index contributed by atoms with van der Waals surface area (Å²) in [6, 6.07) is 0.414. The van der Waals surface area contributed by atoms with Crippen molar-refractivity contribution in [1.82, 2.24) is 0 Å². The first kappa shape index (κ1) is 13.9. The van der Waals surface area contributed by atoms with Gasteiger partial charge in [0.15, 0.2) is 0 Å². The van der Waals surface area contributed by atoms with Crippen molar-refractivity contribution in [2.75, 3.05) is 14.1 Å². The van der Waals surface area contributed by atoms with Gasteiger partial charge in [0.2, 0.25) is 0 Å². The Bertz CT molecular complexity index is 129. The van der Waals surface area contributed by atoms with E-state index in [2.05, 4.69) is 13.8 Å². The molecule has 2 heteroatoms. The summed E-state index contributed by atoms with van der Waals surface area (Å²) < 4.78 is 0.129. The van der Waals surface area contributed by atoms with Crippen LogP contribution < -0.4 is 0 Å². The second kappa shape index (κ2) is 7.24. The fourth-order valence-corrected chi connectivity index (χ4v) is 1.95. The summed E-state index contributed by atoms with van der Waals surface area (Å²) in [7, 11) is 3.75. The van der Waals surface area contributed by atoms with Gasteiger partial charge in [-0.1, -0.05) is 39.5 Å². The molecule has 86 valence electrons. The van der Waals surface area contributed by atoms with E-state index in [9.17, 15) is 5.21 Å². The molecule has 0 rings (SSSR count). The molecule has 1 atom stereocenters. The first-order chi connectivity index (χ1) is 6.52. The quantitative estimate of drug-likeness (QED) is 0.362. The molecule has 0 spiro atoms. The maximum Gasteiger partial charge on any atom is 0.118 e. The first-order valence-electron chi connectivity index (χ1n) is 6.08. The standard InChI is InChI=1S/C12H28NO/c1-5-7-8-9-10-11-12(6-2)13(3,4)14/h12,14H,5-11H2,1-4H3/q+1. The number of quaternary nitrogens is 1. The zero-order chi connectivity index (χ0) is 11.0. The van der Waals surface area contributed by atoms with Crippen LogP contribution in [0, 0.1) is 0 Å². The lowest BCUT2D eigenvalue weighted by Crippen LogP contribution is -2.45. The number of nitrogens with zero attached hydrogens (tertiary/aromatic N) is 1. The lowest BCUT2D eigenvalue weighted by molar-refractivity contribution is -1.09. The number of rotatable bonds is 8. The smallest absolute Gasteiger partial charge is 0.118 e. The Balaban J connectivity index is 3.54. The average molecular weight is 202 g/mol. The Morgan fingerprint density at radius 2 is 1.57 bits per heavy atom. The normalized spacial score (nSPS) is 14.4. The highest BCUT2D eigenvalue weighted by Gasteiger charge is 2.23. The van der Waals surface area contributed by atoms with Crippen molar-refractivity contribution < 1.29 is 9.85 Å². The predicted octanol–water partition coefficient (Wildman–Crippen LogP) is 3.59. The fourth-order valence-electron chi connectivity index (χ4n) is 1.95. The van der Waals surface area contributed by atoms with Crippen LogP contribution in [0.15, 0.2) is 0 Å². The second-order valence-electron chi connectivity index (χ2n) is 4.74. The summed E-state index contributed by atoms with van der Waals surface area (Å²) in [4.78, 5) is 0. The molecular weight excluding hydrogens is 174 g/mol. The lowest BCUT2D eigenvalue weighted by atomic mass is 10.0.